The number of carbonyl (C=O) groups is 2. The van der Waals surface area contributed by atoms with Gasteiger partial charge in [-0.25, -0.2) is 0 Å². The number of carbonyl (C=O) groups excluding carboxylic acids is 2. The average Bonchev–Trinajstić information content (AvgIpc) is 3.14. The predicted octanol–water partition coefficient (Wildman–Crippen LogP) is 2.58. The van der Waals surface area contributed by atoms with E-state index in [0.717, 1.165) is 41.4 Å². The van der Waals surface area contributed by atoms with E-state index in [0.29, 0.717) is 13.0 Å². The van der Waals surface area contributed by atoms with E-state index in [9.17, 15) is 9.59 Å². The quantitative estimate of drug-likeness (QED) is 0.854. The Kier molecular flexibility index (Phi) is 3.10. The summed E-state index contributed by atoms with van der Waals surface area (Å²) in [5.74, 6) is -0.101. The molecule has 2 fully saturated rings. The summed E-state index contributed by atoms with van der Waals surface area (Å²) in [6, 6.07) is 12.1. The largest absolute Gasteiger partial charge is 0.311 e. The minimum absolute atomic E-state index is 0.0526. The van der Waals surface area contributed by atoms with Gasteiger partial charge in [-0.3, -0.25) is 14.9 Å². The Morgan fingerprint density at radius 3 is 2.68 bits per heavy atom. The first kappa shape index (κ1) is 13.3. The van der Waals surface area contributed by atoms with Gasteiger partial charge in [0.25, 0.3) is 0 Å². The van der Waals surface area contributed by atoms with Gasteiger partial charge in [0.2, 0.25) is 11.8 Å². The smallest absolute Gasteiger partial charge is 0.248 e. The second-order valence-corrected chi connectivity index (χ2v) is 5.93. The van der Waals surface area contributed by atoms with Crippen molar-refractivity contribution < 1.29 is 9.59 Å². The monoisotopic (exact) mass is 293 g/mol. The third kappa shape index (κ3) is 1.98. The molecule has 1 atom stereocenters. The number of rotatable bonds is 2. The average molecular weight is 293 g/mol. The van der Waals surface area contributed by atoms with Crippen LogP contribution < -0.4 is 10.2 Å². The minimum Gasteiger partial charge on any atom is -0.311 e. The van der Waals surface area contributed by atoms with E-state index in [2.05, 4.69) is 5.32 Å². The van der Waals surface area contributed by atoms with Gasteiger partial charge in [-0.05, 0) is 23.8 Å². The van der Waals surface area contributed by atoms with Crippen molar-refractivity contribution in [1.82, 2.24) is 5.32 Å². The SMILES string of the molecule is O=C1[N]CCC1c1ccc2ccccc2c1N1CCCC1=O. The molecule has 4 rings (SSSR count). The summed E-state index contributed by atoms with van der Waals surface area (Å²) in [6.45, 7) is 1.32. The van der Waals surface area contributed by atoms with Crippen LogP contribution in [-0.4, -0.2) is 24.9 Å². The number of hydrogen-bond acceptors (Lipinski definition) is 2. The van der Waals surface area contributed by atoms with E-state index in [1.165, 1.54) is 0 Å². The lowest BCUT2D eigenvalue weighted by Crippen LogP contribution is -2.26. The summed E-state index contributed by atoms with van der Waals surface area (Å²) < 4.78 is 0. The van der Waals surface area contributed by atoms with Crippen molar-refractivity contribution >= 4 is 28.3 Å². The molecule has 4 heteroatoms. The van der Waals surface area contributed by atoms with Crippen molar-refractivity contribution in [3.63, 3.8) is 0 Å². The van der Waals surface area contributed by atoms with Crippen LogP contribution in [0.25, 0.3) is 10.8 Å². The highest BCUT2D eigenvalue weighted by molar-refractivity contribution is 6.07. The lowest BCUT2D eigenvalue weighted by molar-refractivity contribution is -0.120. The lowest BCUT2D eigenvalue weighted by atomic mass is 9.92. The summed E-state index contributed by atoms with van der Waals surface area (Å²) in [4.78, 5) is 26.2. The Bertz CT molecular complexity index is 769. The van der Waals surface area contributed by atoms with Gasteiger partial charge in [0.15, 0.2) is 0 Å². The van der Waals surface area contributed by atoms with E-state index in [-0.39, 0.29) is 17.7 Å². The van der Waals surface area contributed by atoms with Crippen LogP contribution in [0.15, 0.2) is 36.4 Å². The van der Waals surface area contributed by atoms with Gasteiger partial charge in [0.05, 0.1) is 11.6 Å². The maximum absolute atomic E-state index is 12.3. The van der Waals surface area contributed by atoms with E-state index in [1.807, 2.05) is 41.3 Å². The van der Waals surface area contributed by atoms with Gasteiger partial charge in [0.1, 0.15) is 0 Å². The third-order valence-corrected chi connectivity index (χ3v) is 4.63. The van der Waals surface area contributed by atoms with Gasteiger partial charge in [-0.2, -0.15) is 0 Å². The van der Waals surface area contributed by atoms with Gasteiger partial charge in [-0.1, -0.05) is 36.4 Å². The minimum atomic E-state index is -0.201. The first-order chi connectivity index (χ1) is 10.8. The molecule has 0 N–H and O–H groups in total. The summed E-state index contributed by atoms with van der Waals surface area (Å²) >= 11 is 0. The molecule has 2 aromatic rings. The molecule has 0 aromatic heterocycles. The fourth-order valence-corrected chi connectivity index (χ4v) is 3.57. The molecule has 111 valence electrons. The van der Waals surface area contributed by atoms with Gasteiger partial charge in [0, 0.05) is 24.9 Å². The van der Waals surface area contributed by atoms with Crippen LogP contribution in [0.4, 0.5) is 5.69 Å². The van der Waals surface area contributed by atoms with Gasteiger partial charge in [-0.15, -0.1) is 0 Å². The van der Waals surface area contributed by atoms with E-state index in [1.54, 1.807) is 0 Å². The topological polar surface area (TPSA) is 51.5 Å². The van der Waals surface area contributed by atoms with Crippen molar-refractivity contribution in [3.05, 3.63) is 42.0 Å². The van der Waals surface area contributed by atoms with Crippen molar-refractivity contribution in [1.29, 1.82) is 0 Å². The molecule has 2 aliphatic rings. The number of amides is 2. The van der Waals surface area contributed by atoms with Crippen molar-refractivity contribution in [3.8, 4) is 0 Å². The van der Waals surface area contributed by atoms with Crippen LogP contribution in [0.3, 0.4) is 0 Å². The van der Waals surface area contributed by atoms with Crippen molar-refractivity contribution in [2.75, 3.05) is 18.0 Å². The highest BCUT2D eigenvalue weighted by Gasteiger charge is 2.33. The van der Waals surface area contributed by atoms with Crippen molar-refractivity contribution in [2.24, 2.45) is 0 Å². The fourth-order valence-electron chi connectivity index (χ4n) is 3.57. The van der Waals surface area contributed by atoms with Crippen LogP contribution in [0, 0.1) is 0 Å². The van der Waals surface area contributed by atoms with Crippen LogP contribution in [0.1, 0.15) is 30.7 Å². The first-order valence-electron chi connectivity index (χ1n) is 7.79. The molecule has 4 nitrogen and oxygen atoms in total. The Morgan fingerprint density at radius 1 is 1.09 bits per heavy atom. The van der Waals surface area contributed by atoms with E-state index in [4.69, 9.17) is 0 Å². The Hall–Kier alpha value is -2.36. The number of hydrogen-bond donors (Lipinski definition) is 0. The predicted molar refractivity (Wildman–Crippen MR) is 84.9 cm³/mol. The van der Waals surface area contributed by atoms with Gasteiger partial charge < -0.3 is 4.90 Å². The zero-order chi connectivity index (χ0) is 15.1. The van der Waals surface area contributed by atoms with E-state index >= 15 is 0 Å². The molecule has 0 bridgehead atoms. The number of nitrogens with zero attached hydrogens (tertiary/aromatic N) is 2. The summed E-state index contributed by atoms with van der Waals surface area (Å²) in [7, 11) is 0. The molecule has 1 unspecified atom stereocenters. The van der Waals surface area contributed by atoms with Crippen LogP contribution >= 0.6 is 0 Å². The molecule has 0 saturated carbocycles. The molecule has 2 saturated heterocycles. The molecule has 2 amide bonds. The second-order valence-electron chi connectivity index (χ2n) is 5.93. The first-order valence-corrected chi connectivity index (χ1v) is 7.79. The molecule has 0 aliphatic carbocycles. The van der Waals surface area contributed by atoms with Gasteiger partial charge >= 0.3 is 0 Å². The molecular weight excluding hydrogens is 276 g/mol. The standard InChI is InChI=1S/C18H17N2O2/c21-16-6-3-11-20(16)17-13-5-2-1-4-12(13)7-8-14(17)15-9-10-19-18(15)22/h1-2,4-5,7-8,15H,3,6,9-11H2. The normalized spacial score (nSPS) is 21.6. The molecule has 2 aromatic carbocycles. The second kappa shape index (κ2) is 5.13. The van der Waals surface area contributed by atoms with E-state index < -0.39 is 0 Å². The molecule has 1 radical (unpaired) electrons. The number of fused-ring (bicyclic) bond motifs is 1. The molecule has 22 heavy (non-hydrogen) atoms. The number of anilines is 1. The zero-order valence-corrected chi connectivity index (χ0v) is 12.3. The zero-order valence-electron chi connectivity index (χ0n) is 12.3. The Balaban J connectivity index is 1.95. The van der Waals surface area contributed by atoms with Crippen molar-refractivity contribution in [2.45, 2.75) is 25.2 Å². The Labute approximate surface area is 129 Å². The highest BCUT2D eigenvalue weighted by Crippen LogP contribution is 2.39. The molecular formula is C18H17N2O2. The third-order valence-electron chi connectivity index (χ3n) is 4.63. The van der Waals surface area contributed by atoms with Crippen LogP contribution in [0.5, 0.6) is 0 Å². The lowest BCUT2D eigenvalue weighted by Gasteiger charge is -2.24. The number of benzene rings is 2. The maximum atomic E-state index is 12.3. The molecule has 2 heterocycles. The fraction of sp³-hybridized carbons (Fsp3) is 0.333. The maximum Gasteiger partial charge on any atom is 0.248 e. The summed E-state index contributed by atoms with van der Waals surface area (Å²) in [5.41, 5.74) is 1.89. The Morgan fingerprint density at radius 2 is 1.95 bits per heavy atom. The summed E-state index contributed by atoms with van der Waals surface area (Å²) in [6.07, 6.45) is 2.21. The molecule has 0 spiro atoms. The highest BCUT2D eigenvalue weighted by atomic mass is 16.2. The molecule has 2 aliphatic heterocycles. The van der Waals surface area contributed by atoms with Crippen LogP contribution in [-0.2, 0) is 9.59 Å². The van der Waals surface area contributed by atoms with Crippen LogP contribution in [0.2, 0.25) is 0 Å². The summed E-state index contributed by atoms with van der Waals surface area (Å²) in [5, 5.41) is 6.17.